The maximum atomic E-state index is 9.73. The van der Waals surface area contributed by atoms with E-state index in [2.05, 4.69) is 5.32 Å². The van der Waals surface area contributed by atoms with Crippen LogP contribution in [0, 0.1) is 13.8 Å². The molecule has 1 aromatic carbocycles. The van der Waals surface area contributed by atoms with Crippen LogP contribution >= 0.6 is 0 Å². The number of aliphatic hydroxyl groups excluding tert-OH is 1. The van der Waals surface area contributed by atoms with Gasteiger partial charge in [-0.2, -0.15) is 0 Å². The molecule has 0 amide bonds. The zero-order valence-corrected chi connectivity index (χ0v) is 10.2. The highest BCUT2D eigenvalue weighted by Gasteiger charge is 2.04. The Bertz CT molecular complexity index is 348. The van der Waals surface area contributed by atoms with Crippen LogP contribution < -0.4 is 5.32 Å². The summed E-state index contributed by atoms with van der Waals surface area (Å²) in [4.78, 5) is 0. The number of aryl methyl sites for hydroxylation is 2. The zero-order chi connectivity index (χ0) is 12.1. The predicted molar refractivity (Wildman–Crippen MR) is 65.6 cm³/mol. The monoisotopic (exact) mass is 223 g/mol. The molecule has 0 radical (unpaired) electrons. The van der Waals surface area contributed by atoms with E-state index >= 15 is 0 Å². The van der Waals surface area contributed by atoms with Gasteiger partial charge in [0.25, 0.3) is 0 Å². The number of phenolic OH excluding ortho intramolecular Hbond substituents is 1. The van der Waals surface area contributed by atoms with Crippen molar-refractivity contribution < 1.29 is 10.2 Å². The maximum absolute atomic E-state index is 9.73. The van der Waals surface area contributed by atoms with Gasteiger partial charge >= 0.3 is 0 Å². The van der Waals surface area contributed by atoms with Crippen molar-refractivity contribution in [1.82, 2.24) is 5.32 Å². The van der Waals surface area contributed by atoms with Gasteiger partial charge in [-0.25, -0.2) is 0 Å². The fraction of sp³-hybridized carbons (Fsp3) is 0.538. The molecular formula is C13H21NO2. The van der Waals surface area contributed by atoms with Crippen LogP contribution in [0.1, 0.15) is 30.0 Å². The molecule has 0 spiro atoms. The Morgan fingerprint density at radius 1 is 1.25 bits per heavy atom. The van der Waals surface area contributed by atoms with Gasteiger partial charge in [0.1, 0.15) is 5.75 Å². The summed E-state index contributed by atoms with van der Waals surface area (Å²) in [7, 11) is 0. The van der Waals surface area contributed by atoms with Crippen LogP contribution in [0.5, 0.6) is 5.75 Å². The number of hydrogen-bond donors (Lipinski definition) is 3. The molecule has 16 heavy (non-hydrogen) atoms. The fourth-order valence-electron chi connectivity index (χ4n) is 1.54. The Morgan fingerprint density at radius 3 is 2.50 bits per heavy atom. The van der Waals surface area contributed by atoms with Crippen molar-refractivity contribution in [2.45, 2.75) is 39.8 Å². The number of phenols is 1. The molecule has 1 atom stereocenters. The van der Waals surface area contributed by atoms with Crippen LogP contribution in [0.25, 0.3) is 0 Å². The van der Waals surface area contributed by atoms with Crippen molar-refractivity contribution in [1.29, 1.82) is 0 Å². The summed E-state index contributed by atoms with van der Waals surface area (Å²) in [5, 5.41) is 22.0. The lowest BCUT2D eigenvalue weighted by atomic mass is 10.1. The SMILES string of the molecule is Cc1cc(O)c(CNCCC(C)O)cc1C. The van der Waals surface area contributed by atoms with Crippen LogP contribution in [0.2, 0.25) is 0 Å². The summed E-state index contributed by atoms with van der Waals surface area (Å²) in [6.45, 7) is 7.19. The van der Waals surface area contributed by atoms with E-state index in [0.717, 1.165) is 24.1 Å². The second-order valence-corrected chi connectivity index (χ2v) is 4.38. The molecule has 0 aliphatic carbocycles. The lowest BCUT2D eigenvalue weighted by molar-refractivity contribution is 0.183. The molecule has 1 aromatic rings. The van der Waals surface area contributed by atoms with Crippen molar-refractivity contribution in [2.75, 3.05) is 6.54 Å². The van der Waals surface area contributed by atoms with Gasteiger partial charge in [-0.3, -0.25) is 0 Å². The summed E-state index contributed by atoms with van der Waals surface area (Å²) < 4.78 is 0. The van der Waals surface area contributed by atoms with Crippen molar-refractivity contribution in [3.8, 4) is 5.75 Å². The number of nitrogens with one attached hydrogen (secondary N) is 1. The highest BCUT2D eigenvalue weighted by atomic mass is 16.3. The Hall–Kier alpha value is -1.06. The molecule has 90 valence electrons. The second-order valence-electron chi connectivity index (χ2n) is 4.38. The Kier molecular flexibility index (Phi) is 4.77. The highest BCUT2D eigenvalue weighted by molar-refractivity contribution is 5.40. The Labute approximate surface area is 97.1 Å². The highest BCUT2D eigenvalue weighted by Crippen LogP contribution is 2.21. The molecule has 0 saturated heterocycles. The molecule has 3 N–H and O–H groups in total. The molecule has 0 heterocycles. The lowest BCUT2D eigenvalue weighted by Crippen LogP contribution is -2.18. The Morgan fingerprint density at radius 2 is 1.88 bits per heavy atom. The summed E-state index contributed by atoms with van der Waals surface area (Å²) in [6.07, 6.45) is 0.451. The first-order valence-corrected chi connectivity index (χ1v) is 5.68. The third-order valence-electron chi connectivity index (χ3n) is 2.75. The third kappa shape index (κ3) is 3.83. The molecular weight excluding hydrogens is 202 g/mol. The molecule has 1 rings (SSSR count). The lowest BCUT2D eigenvalue weighted by Gasteiger charge is -2.10. The van der Waals surface area contributed by atoms with Gasteiger partial charge in [-0.05, 0) is 50.9 Å². The van der Waals surface area contributed by atoms with E-state index in [1.807, 2.05) is 19.9 Å². The van der Waals surface area contributed by atoms with Gasteiger partial charge in [0.05, 0.1) is 6.10 Å². The van der Waals surface area contributed by atoms with Gasteiger partial charge in [0.2, 0.25) is 0 Å². The maximum Gasteiger partial charge on any atom is 0.120 e. The first-order valence-electron chi connectivity index (χ1n) is 5.68. The van der Waals surface area contributed by atoms with E-state index in [0.29, 0.717) is 12.3 Å². The molecule has 1 unspecified atom stereocenters. The summed E-state index contributed by atoms with van der Waals surface area (Å²) in [5.41, 5.74) is 3.20. The van der Waals surface area contributed by atoms with Crippen LogP contribution in [-0.4, -0.2) is 22.9 Å². The van der Waals surface area contributed by atoms with Gasteiger partial charge in [0, 0.05) is 12.1 Å². The summed E-state index contributed by atoms with van der Waals surface area (Å²) >= 11 is 0. The predicted octanol–water partition coefficient (Wildman–Crippen LogP) is 1.87. The minimum atomic E-state index is -0.277. The zero-order valence-electron chi connectivity index (χ0n) is 10.2. The third-order valence-corrected chi connectivity index (χ3v) is 2.75. The molecule has 0 aliphatic rings. The molecule has 0 fully saturated rings. The first kappa shape index (κ1) is 13.0. The van der Waals surface area contributed by atoms with E-state index in [1.165, 1.54) is 5.56 Å². The number of hydrogen-bond acceptors (Lipinski definition) is 3. The normalized spacial score (nSPS) is 12.8. The summed E-state index contributed by atoms with van der Waals surface area (Å²) in [5.74, 6) is 0.340. The Balaban J connectivity index is 2.51. The van der Waals surface area contributed by atoms with Gasteiger partial charge < -0.3 is 15.5 Å². The second kappa shape index (κ2) is 5.87. The molecule has 0 aromatic heterocycles. The average molecular weight is 223 g/mol. The van der Waals surface area contributed by atoms with Crippen LogP contribution in [0.4, 0.5) is 0 Å². The van der Waals surface area contributed by atoms with Gasteiger partial charge in [-0.1, -0.05) is 6.07 Å². The average Bonchev–Trinajstić information content (AvgIpc) is 2.19. The van der Waals surface area contributed by atoms with E-state index in [4.69, 9.17) is 5.11 Å². The topological polar surface area (TPSA) is 52.5 Å². The van der Waals surface area contributed by atoms with Crippen LogP contribution in [0.3, 0.4) is 0 Å². The van der Waals surface area contributed by atoms with Gasteiger partial charge in [-0.15, -0.1) is 0 Å². The first-order chi connectivity index (χ1) is 7.50. The number of aliphatic hydroxyl groups is 1. The van der Waals surface area contributed by atoms with E-state index < -0.39 is 0 Å². The summed E-state index contributed by atoms with van der Waals surface area (Å²) in [6, 6.07) is 3.79. The minimum Gasteiger partial charge on any atom is -0.508 e. The van der Waals surface area contributed by atoms with E-state index in [1.54, 1.807) is 13.0 Å². The number of aromatic hydroxyl groups is 1. The molecule has 0 aliphatic heterocycles. The van der Waals surface area contributed by atoms with Crippen molar-refractivity contribution in [3.63, 3.8) is 0 Å². The fourth-order valence-corrected chi connectivity index (χ4v) is 1.54. The van der Waals surface area contributed by atoms with Crippen LogP contribution in [0.15, 0.2) is 12.1 Å². The number of benzene rings is 1. The van der Waals surface area contributed by atoms with Crippen molar-refractivity contribution in [3.05, 3.63) is 28.8 Å². The van der Waals surface area contributed by atoms with E-state index in [9.17, 15) is 5.11 Å². The largest absolute Gasteiger partial charge is 0.508 e. The number of rotatable bonds is 5. The standard InChI is InChI=1S/C13H21NO2/c1-9-6-12(13(16)7-10(9)2)8-14-5-4-11(3)15/h6-7,11,14-16H,4-5,8H2,1-3H3. The molecule has 0 saturated carbocycles. The minimum absolute atomic E-state index is 0.277. The quantitative estimate of drug-likeness (QED) is 0.668. The molecule has 0 bridgehead atoms. The smallest absolute Gasteiger partial charge is 0.120 e. The molecule has 3 heteroatoms. The van der Waals surface area contributed by atoms with Crippen molar-refractivity contribution in [2.24, 2.45) is 0 Å². The van der Waals surface area contributed by atoms with E-state index in [-0.39, 0.29) is 6.10 Å². The van der Waals surface area contributed by atoms with Crippen molar-refractivity contribution >= 4 is 0 Å². The van der Waals surface area contributed by atoms with Gasteiger partial charge in [0.15, 0.2) is 0 Å². The van der Waals surface area contributed by atoms with Crippen LogP contribution in [-0.2, 0) is 6.54 Å². The molecule has 3 nitrogen and oxygen atoms in total.